The summed E-state index contributed by atoms with van der Waals surface area (Å²) in [4.78, 5) is 4.49. The van der Waals surface area contributed by atoms with Gasteiger partial charge in [-0.1, -0.05) is 19.4 Å². The Morgan fingerprint density at radius 3 is 2.94 bits per heavy atom. The van der Waals surface area contributed by atoms with Crippen molar-refractivity contribution in [1.29, 1.82) is 0 Å². The maximum Gasteiger partial charge on any atom is 0.243 e. The topological polar surface area (TPSA) is 42.2 Å². The Morgan fingerprint density at radius 1 is 1.39 bits per heavy atom. The van der Waals surface area contributed by atoms with Crippen LogP contribution in [0.1, 0.15) is 38.2 Å². The molecule has 1 N–H and O–H groups in total. The molecule has 96 valence electrons. The highest BCUT2D eigenvalue weighted by atomic mass is 15.3. The lowest BCUT2D eigenvalue weighted by Crippen LogP contribution is -2.15. The summed E-state index contributed by atoms with van der Waals surface area (Å²) in [6.45, 7) is 5.33. The van der Waals surface area contributed by atoms with E-state index in [2.05, 4.69) is 35.3 Å². The van der Waals surface area contributed by atoms with Gasteiger partial charge in [0, 0.05) is 12.7 Å². The van der Waals surface area contributed by atoms with Crippen LogP contribution in [0.5, 0.6) is 0 Å². The molecule has 0 unspecified atom stereocenters. The van der Waals surface area contributed by atoms with Gasteiger partial charge in [-0.15, -0.1) is 5.10 Å². The summed E-state index contributed by atoms with van der Waals surface area (Å²) in [5.41, 5.74) is 2.63. The first kappa shape index (κ1) is 11.5. The molecule has 0 radical (unpaired) electrons. The number of hydrogen-bond acceptors (Lipinski definition) is 3. The highest BCUT2D eigenvalue weighted by Crippen LogP contribution is 2.49. The minimum absolute atomic E-state index is 0.530. The Kier molecular flexibility index (Phi) is 2.73. The van der Waals surface area contributed by atoms with Crippen molar-refractivity contribution in [2.75, 3.05) is 11.9 Å². The van der Waals surface area contributed by atoms with E-state index in [1.807, 2.05) is 16.8 Å². The van der Waals surface area contributed by atoms with Crippen molar-refractivity contribution in [1.82, 2.24) is 14.6 Å². The van der Waals surface area contributed by atoms with Gasteiger partial charge in [0.2, 0.25) is 5.95 Å². The lowest BCUT2D eigenvalue weighted by molar-refractivity contribution is 0.484. The normalized spacial score (nSPS) is 17.0. The van der Waals surface area contributed by atoms with Crippen LogP contribution >= 0.6 is 0 Å². The molecule has 1 aliphatic rings. The molecular formula is C14H20N4. The average Bonchev–Trinajstić information content (AvgIpc) is 2.99. The zero-order chi connectivity index (χ0) is 12.6. The summed E-state index contributed by atoms with van der Waals surface area (Å²) in [6.07, 6.45) is 7.28. The first-order chi connectivity index (χ1) is 8.71. The summed E-state index contributed by atoms with van der Waals surface area (Å²) < 4.78 is 1.84. The van der Waals surface area contributed by atoms with Crippen molar-refractivity contribution in [3.8, 4) is 0 Å². The number of nitrogens with zero attached hydrogens (tertiary/aromatic N) is 3. The number of aryl methyl sites for hydroxylation is 1. The Morgan fingerprint density at radius 2 is 2.22 bits per heavy atom. The Balaban J connectivity index is 1.71. The highest BCUT2D eigenvalue weighted by Gasteiger charge is 2.41. The highest BCUT2D eigenvalue weighted by molar-refractivity contribution is 5.44. The quantitative estimate of drug-likeness (QED) is 0.879. The van der Waals surface area contributed by atoms with Crippen LogP contribution in [0.25, 0.3) is 5.65 Å². The molecule has 4 nitrogen and oxygen atoms in total. The molecule has 0 aromatic carbocycles. The first-order valence-electron chi connectivity index (χ1n) is 6.78. The largest absolute Gasteiger partial charge is 0.352 e. The maximum absolute atomic E-state index is 4.49. The predicted molar refractivity (Wildman–Crippen MR) is 72.8 cm³/mol. The number of pyridine rings is 1. The molecule has 2 heterocycles. The molecule has 18 heavy (non-hydrogen) atoms. The van der Waals surface area contributed by atoms with E-state index in [9.17, 15) is 0 Å². The number of aromatic nitrogens is 3. The molecule has 3 rings (SSSR count). The van der Waals surface area contributed by atoms with Crippen molar-refractivity contribution in [2.45, 2.75) is 39.5 Å². The monoisotopic (exact) mass is 244 g/mol. The van der Waals surface area contributed by atoms with E-state index in [1.165, 1.54) is 31.2 Å². The third-order valence-electron chi connectivity index (χ3n) is 3.84. The van der Waals surface area contributed by atoms with Crippen LogP contribution in [0, 0.1) is 12.3 Å². The lowest BCUT2D eigenvalue weighted by atomic mass is 10.0. The van der Waals surface area contributed by atoms with Crippen LogP contribution < -0.4 is 5.32 Å². The lowest BCUT2D eigenvalue weighted by Gasteiger charge is -2.13. The van der Waals surface area contributed by atoms with Gasteiger partial charge in [-0.2, -0.15) is 4.98 Å². The molecule has 0 spiro atoms. The number of hydrogen-bond donors (Lipinski definition) is 1. The molecule has 0 aliphatic heterocycles. The van der Waals surface area contributed by atoms with Crippen molar-refractivity contribution in [3.63, 3.8) is 0 Å². The van der Waals surface area contributed by atoms with Gasteiger partial charge >= 0.3 is 0 Å². The number of anilines is 1. The Labute approximate surface area is 107 Å². The molecule has 2 aromatic rings. The molecular weight excluding hydrogens is 224 g/mol. The minimum atomic E-state index is 0.530. The molecule has 0 atom stereocenters. The molecule has 1 aliphatic carbocycles. The second-order valence-electron chi connectivity index (χ2n) is 5.55. The smallest absolute Gasteiger partial charge is 0.243 e. The van der Waals surface area contributed by atoms with E-state index in [0.717, 1.165) is 18.1 Å². The fourth-order valence-electron chi connectivity index (χ4n) is 2.55. The number of rotatable bonds is 5. The van der Waals surface area contributed by atoms with Gasteiger partial charge in [0.1, 0.15) is 0 Å². The fourth-order valence-corrected chi connectivity index (χ4v) is 2.55. The SMILES string of the molecule is CCCC1(CNc2nc3ccc(C)cn3n2)CC1. The summed E-state index contributed by atoms with van der Waals surface area (Å²) in [7, 11) is 0. The van der Waals surface area contributed by atoms with Crippen LogP contribution in [0.3, 0.4) is 0 Å². The van der Waals surface area contributed by atoms with Gasteiger partial charge in [-0.25, -0.2) is 4.52 Å². The van der Waals surface area contributed by atoms with Crippen LogP contribution in [0.15, 0.2) is 18.3 Å². The molecule has 2 aromatic heterocycles. The van der Waals surface area contributed by atoms with Gasteiger partial charge in [0.15, 0.2) is 5.65 Å². The molecule has 4 heteroatoms. The average molecular weight is 244 g/mol. The van der Waals surface area contributed by atoms with Gasteiger partial charge in [0.25, 0.3) is 0 Å². The first-order valence-corrected chi connectivity index (χ1v) is 6.78. The van der Waals surface area contributed by atoms with E-state index in [4.69, 9.17) is 0 Å². The summed E-state index contributed by atoms with van der Waals surface area (Å²) in [6, 6.07) is 4.07. The predicted octanol–water partition coefficient (Wildman–Crippen LogP) is 3.03. The summed E-state index contributed by atoms with van der Waals surface area (Å²) in [5, 5.41) is 7.86. The van der Waals surface area contributed by atoms with Crippen molar-refractivity contribution in [3.05, 3.63) is 23.9 Å². The number of fused-ring (bicyclic) bond motifs is 1. The van der Waals surface area contributed by atoms with E-state index >= 15 is 0 Å². The Bertz CT molecular complexity index is 554. The van der Waals surface area contributed by atoms with E-state index in [0.29, 0.717) is 5.41 Å². The van der Waals surface area contributed by atoms with Crippen LogP contribution in [0.4, 0.5) is 5.95 Å². The second-order valence-corrected chi connectivity index (χ2v) is 5.55. The summed E-state index contributed by atoms with van der Waals surface area (Å²) >= 11 is 0. The van der Waals surface area contributed by atoms with Gasteiger partial charge in [0.05, 0.1) is 0 Å². The third kappa shape index (κ3) is 2.19. The van der Waals surface area contributed by atoms with Gasteiger partial charge in [-0.05, 0) is 43.2 Å². The molecule has 1 fully saturated rings. The molecule has 1 saturated carbocycles. The number of nitrogens with one attached hydrogen (secondary N) is 1. The van der Waals surface area contributed by atoms with E-state index in [-0.39, 0.29) is 0 Å². The second kappa shape index (κ2) is 4.26. The van der Waals surface area contributed by atoms with Crippen LogP contribution in [-0.2, 0) is 0 Å². The third-order valence-corrected chi connectivity index (χ3v) is 3.84. The van der Waals surface area contributed by atoms with Crippen molar-refractivity contribution >= 4 is 11.6 Å². The van der Waals surface area contributed by atoms with Crippen molar-refractivity contribution < 1.29 is 0 Å². The zero-order valence-corrected chi connectivity index (χ0v) is 11.1. The van der Waals surface area contributed by atoms with Crippen molar-refractivity contribution in [2.24, 2.45) is 5.41 Å². The van der Waals surface area contributed by atoms with E-state index < -0.39 is 0 Å². The summed E-state index contributed by atoms with van der Waals surface area (Å²) in [5.74, 6) is 0.753. The zero-order valence-electron chi connectivity index (χ0n) is 11.1. The fraction of sp³-hybridized carbons (Fsp3) is 0.571. The van der Waals surface area contributed by atoms with Crippen LogP contribution in [0.2, 0.25) is 0 Å². The van der Waals surface area contributed by atoms with E-state index in [1.54, 1.807) is 0 Å². The Hall–Kier alpha value is -1.58. The molecule has 0 saturated heterocycles. The van der Waals surface area contributed by atoms with Crippen LogP contribution in [-0.4, -0.2) is 21.1 Å². The minimum Gasteiger partial charge on any atom is -0.352 e. The van der Waals surface area contributed by atoms with Gasteiger partial charge in [-0.3, -0.25) is 0 Å². The maximum atomic E-state index is 4.49. The molecule has 0 amide bonds. The standard InChI is InChI=1S/C14H20N4/c1-3-6-14(7-8-14)10-15-13-16-12-5-4-11(2)9-18(12)17-13/h4-5,9H,3,6-8,10H2,1-2H3,(H,15,17). The molecule has 0 bridgehead atoms. The van der Waals surface area contributed by atoms with Gasteiger partial charge < -0.3 is 5.32 Å².